The second-order valence-corrected chi connectivity index (χ2v) is 13.7. The van der Waals surface area contributed by atoms with Gasteiger partial charge in [0.1, 0.15) is 12.6 Å². The first-order chi connectivity index (χ1) is 20.0. The molecule has 0 radical (unpaired) electrons. The van der Waals surface area contributed by atoms with Gasteiger partial charge in [-0.2, -0.15) is 0 Å². The van der Waals surface area contributed by atoms with Gasteiger partial charge in [-0.15, -0.1) is 0 Å². The summed E-state index contributed by atoms with van der Waals surface area (Å²) >= 11 is 6.14. The number of sulfonamides is 1. The molecule has 0 aromatic heterocycles. The van der Waals surface area contributed by atoms with Gasteiger partial charge in [-0.25, -0.2) is 8.42 Å². The van der Waals surface area contributed by atoms with Crippen molar-refractivity contribution in [2.24, 2.45) is 0 Å². The number of rotatable bonds is 12. The van der Waals surface area contributed by atoms with Crippen molar-refractivity contribution in [1.82, 2.24) is 10.2 Å². The van der Waals surface area contributed by atoms with Gasteiger partial charge in [-0.05, 0) is 53.6 Å². The Kier molecular flexibility index (Phi) is 10.7. The van der Waals surface area contributed by atoms with Crippen molar-refractivity contribution >= 4 is 39.1 Å². The topological polar surface area (TPSA) is 86.8 Å². The molecule has 2 amide bonds. The highest BCUT2D eigenvalue weighted by Crippen LogP contribution is 2.29. The van der Waals surface area contributed by atoms with Crippen LogP contribution in [0.15, 0.2) is 78.9 Å². The van der Waals surface area contributed by atoms with E-state index in [4.69, 9.17) is 11.6 Å². The Morgan fingerprint density at radius 1 is 0.905 bits per heavy atom. The van der Waals surface area contributed by atoms with Gasteiger partial charge in [0.25, 0.3) is 0 Å². The highest BCUT2D eigenvalue weighted by molar-refractivity contribution is 7.92. The Labute approximate surface area is 254 Å². The summed E-state index contributed by atoms with van der Waals surface area (Å²) < 4.78 is 27.5. The molecule has 0 saturated heterocycles. The Bertz CT molecular complexity index is 1460. The molecule has 0 bridgehead atoms. The lowest BCUT2D eigenvalue weighted by Crippen LogP contribution is -2.54. The summed E-state index contributed by atoms with van der Waals surface area (Å²) in [4.78, 5) is 29.8. The third-order valence-electron chi connectivity index (χ3n) is 7.75. The first-order valence-corrected chi connectivity index (χ1v) is 16.7. The molecule has 0 aliphatic heterocycles. The predicted octanol–water partition coefficient (Wildman–Crippen LogP) is 5.93. The zero-order chi connectivity index (χ0) is 30.3. The molecule has 7 nitrogen and oxygen atoms in total. The van der Waals surface area contributed by atoms with E-state index in [2.05, 4.69) is 5.32 Å². The highest BCUT2D eigenvalue weighted by Gasteiger charge is 2.34. The summed E-state index contributed by atoms with van der Waals surface area (Å²) in [6.45, 7) is 3.65. The Hall–Kier alpha value is -3.36. The molecule has 1 N–H and O–H groups in total. The fourth-order valence-electron chi connectivity index (χ4n) is 5.51. The summed E-state index contributed by atoms with van der Waals surface area (Å²) in [5, 5.41) is 3.74. The molecule has 1 aliphatic rings. The third-order valence-corrected chi connectivity index (χ3v) is 9.12. The summed E-state index contributed by atoms with van der Waals surface area (Å²) in [6.07, 6.45) is 5.32. The fraction of sp³-hybridized carbons (Fsp3) is 0.394. The molecule has 1 aliphatic carbocycles. The van der Waals surface area contributed by atoms with Crippen molar-refractivity contribution in [2.45, 2.75) is 70.5 Å². The Morgan fingerprint density at radius 2 is 1.52 bits per heavy atom. The van der Waals surface area contributed by atoms with Gasteiger partial charge in [0.05, 0.1) is 11.9 Å². The van der Waals surface area contributed by atoms with E-state index in [-0.39, 0.29) is 24.4 Å². The molecule has 1 unspecified atom stereocenters. The first-order valence-electron chi connectivity index (χ1n) is 14.5. The second-order valence-electron chi connectivity index (χ2n) is 11.3. The zero-order valence-corrected chi connectivity index (χ0v) is 26.1. The largest absolute Gasteiger partial charge is 0.352 e. The van der Waals surface area contributed by atoms with Gasteiger partial charge in [0.2, 0.25) is 21.8 Å². The minimum atomic E-state index is -3.84. The van der Waals surface area contributed by atoms with E-state index in [0.717, 1.165) is 52.9 Å². The van der Waals surface area contributed by atoms with Crippen LogP contribution in [-0.2, 0) is 32.6 Å². The molecule has 1 fully saturated rings. The molecule has 9 heteroatoms. The second kappa shape index (κ2) is 14.2. The summed E-state index contributed by atoms with van der Waals surface area (Å²) in [6, 6.07) is 23.1. The van der Waals surface area contributed by atoms with Crippen LogP contribution < -0.4 is 9.62 Å². The molecule has 3 aromatic rings. The molecule has 0 spiro atoms. The van der Waals surface area contributed by atoms with E-state index >= 15 is 0 Å². The zero-order valence-electron chi connectivity index (χ0n) is 24.5. The van der Waals surface area contributed by atoms with Crippen LogP contribution in [0.1, 0.15) is 62.1 Å². The van der Waals surface area contributed by atoms with Gasteiger partial charge in [-0.3, -0.25) is 13.9 Å². The number of para-hydroxylation sites is 1. The molecular weight excluding hydrogens is 570 g/mol. The minimum absolute atomic E-state index is 0.0359. The van der Waals surface area contributed by atoms with Crippen LogP contribution in [0.5, 0.6) is 0 Å². The minimum Gasteiger partial charge on any atom is -0.352 e. The quantitative estimate of drug-likeness (QED) is 0.276. The SMILES string of the molecule is CC(C)c1ccccc1N(CC(=O)N(Cc1ccc(Cl)cc1)C(Cc1ccccc1)C(=O)NC1CCCC1)S(C)(=O)=O. The highest BCUT2D eigenvalue weighted by atomic mass is 35.5. The van der Waals surface area contributed by atoms with Crippen molar-refractivity contribution in [3.05, 3.63) is 101 Å². The molecule has 224 valence electrons. The predicted molar refractivity (Wildman–Crippen MR) is 169 cm³/mol. The molecular formula is C33H40ClN3O4S. The number of carbonyl (C=O) groups is 2. The number of amides is 2. The van der Waals surface area contributed by atoms with Crippen LogP contribution in [0, 0.1) is 0 Å². The maximum atomic E-state index is 14.3. The molecule has 4 rings (SSSR count). The van der Waals surface area contributed by atoms with Crippen molar-refractivity contribution in [2.75, 3.05) is 17.1 Å². The lowest BCUT2D eigenvalue weighted by molar-refractivity contribution is -0.140. The summed E-state index contributed by atoms with van der Waals surface area (Å²) in [7, 11) is -3.84. The fourth-order valence-corrected chi connectivity index (χ4v) is 6.50. The number of anilines is 1. The van der Waals surface area contributed by atoms with Crippen LogP contribution in [-0.4, -0.2) is 50.0 Å². The summed E-state index contributed by atoms with van der Waals surface area (Å²) in [5.74, 6) is -0.660. The maximum Gasteiger partial charge on any atom is 0.244 e. The first kappa shape index (κ1) is 31.6. The van der Waals surface area contributed by atoms with Crippen LogP contribution in [0.25, 0.3) is 0 Å². The smallest absolute Gasteiger partial charge is 0.244 e. The molecule has 1 atom stereocenters. The van der Waals surface area contributed by atoms with Crippen molar-refractivity contribution in [1.29, 1.82) is 0 Å². The van der Waals surface area contributed by atoms with Gasteiger partial charge < -0.3 is 10.2 Å². The normalized spacial score (nSPS) is 14.5. The van der Waals surface area contributed by atoms with Crippen LogP contribution >= 0.6 is 11.6 Å². The average molecular weight is 610 g/mol. The van der Waals surface area contributed by atoms with E-state index in [1.807, 2.05) is 68.4 Å². The van der Waals surface area contributed by atoms with Gasteiger partial charge in [0.15, 0.2) is 0 Å². The number of halogens is 1. The van der Waals surface area contributed by atoms with E-state index in [1.54, 1.807) is 24.3 Å². The number of carbonyl (C=O) groups excluding carboxylic acids is 2. The van der Waals surface area contributed by atoms with E-state index in [9.17, 15) is 18.0 Å². The maximum absolute atomic E-state index is 14.3. The van der Waals surface area contributed by atoms with Gasteiger partial charge in [-0.1, -0.05) is 99.0 Å². The van der Waals surface area contributed by atoms with Crippen molar-refractivity contribution in [3.63, 3.8) is 0 Å². The lowest BCUT2D eigenvalue weighted by Gasteiger charge is -2.34. The van der Waals surface area contributed by atoms with Crippen molar-refractivity contribution in [3.8, 4) is 0 Å². The number of hydrogen-bond donors (Lipinski definition) is 1. The molecule has 0 heterocycles. The average Bonchev–Trinajstić information content (AvgIpc) is 3.47. The lowest BCUT2D eigenvalue weighted by atomic mass is 10.0. The van der Waals surface area contributed by atoms with Gasteiger partial charge >= 0.3 is 0 Å². The monoisotopic (exact) mass is 609 g/mol. The van der Waals surface area contributed by atoms with Crippen LogP contribution in [0.4, 0.5) is 5.69 Å². The number of benzene rings is 3. The third kappa shape index (κ3) is 8.35. The number of nitrogens with zero attached hydrogens (tertiary/aromatic N) is 2. The summed E-state index contributed by atoms with van der Waals surface area (Å²) in [5.41, 5.74) is 2.97. The van der Waals surface area contributed by atoms with Crippen molar-refractivity contribution < 1.29 is 18.0 Å². The molecule has 42 heavy (non-hydrogen) atoms. The van der Waals surface area contributed by atoms with Crippen LogP contribution in [0.3, 0.4) is 0 Å². The standard InChI is InChI=1S/C33H40ClN3O4S/c1-24(2)29-15-9-10-16-30(29)37(42(3,40)41)23-32(38)36(22-26-17-19-27(34)20-18-26)31(21-25-11-5-4-6-12-25)33(39)35-28-13-7-8-14-28/h4-6,9-12,15-20,24,28,31H,7-8,13-14,21-23H2,1-3H3,(H,35,39). The van der Waals surface area contributed by atoms with Crippen LogP contribution in [0.2, 0.25) is 5.02 Å². The molecule has 3 aromatic carbocycles. The van der Waals surface area contributed by atoms with Gasteiger partial charge in [0, 0.05) is 24.0 Å². The van der Waals surface area contributed by atoms with E-state index in [0.29, 0.717) is 17.1 Å². The Morgan fingerprint density at radius 3 is 2.14 bits per heavy atom. The Balaban J connectivity index is 1.75. The van der Waals surface area contributed by atoms with E-state index < -0.39 is 28.5 Å². The number of hydrogen-bond acceptors (Lipinski definition) is 4. The van der Waals surface area contributed by atoms with E-state index in [1.165, 1.54) is 4.90 Å². The number of nitrogens with one attached hydrogen (secondary N) is 1. The molecule has 1 saturated carbocycles.